The molecule has 0 unspecified atom stereocenters. The summed E-state index contributed by atoms with van der Waals surface area (Å²) in [6.07, 6.45) is 0. The van der Waals surface area contributed by atoms with Crippen molar-refractivity contribution in [2.75, 3.05) is 5.32 Å². The van der Waals surface area contributed by atoms with Crippen LogP contribution in [0.15, 0.2) is 34.7 Å². The molecule has 1 N–H and O–H groups in total. The number of aryl methyl sites for hydroxylation is 2. The Bertz CT molecular complexity index is 839. The molecule has 0 aliphatic rings. The molecule has 3 rings (SSSR count). The van der Waals surface area contributed by atoms with E-state index < -0.39 is 0 Å². The summed E-state index contributed by atoms with van der Waals surface area (Å²) in [5, 5.41) is 14.9. The minimum Gasteiger partial charge on any atom is -0.403 e. The van der Waals surface area contributed by atoms with Gasteiger partial charge in [0.15, 0.2) is 0 Å². The van der Waals surface area contributed by atoms with Gasteiger partial charge in [0.05, 0.1) is 5.69 Å². The maximum Gasteiger partial charge on any atom is 0.322 e. The Labute approximate surface area is 130 Å². The van der Waals surface area contributed by atoms with E-state index in [4.69, 9.17) is 16.0 Å². The number of hydrogen-bond donors (Lipinski definition) is 1. The molecule has 2 heterocycles. The Morgan fingerprint density at radius 2 is 2.14 bits per heavy atom. The minimum atomic E-state index is -0.371. The summed E-state index contributed by atoms with van der Waals surface area (Å²) in [7, 11) is 1.69. The molecule has 0 atom stereocenters. The number of rotatable bonds is 3. The molecule has 8 heteroatoms. The van der Waals surface area contributed by atoms with Crippen LogP contribution in [0.3, 0.4) is 0 Å². The van der Waals surface area contributed by atoms with Gasteiger partial charge in [-0.15, -0.1) is 5.10 Å². The van der Waals surface area contributed by atoms with Crippen LogP contribution in [0.25, 0.3) is 11.5 Å². The smallest absolute Gasteiger partial charge is 0.322 e. The van der Waals surface area contributed by atoms with Gasteiger partial charge < -0.3 is 4.42 Å². The second-order valence-electron chi connectivity index (χ2n) is 4.67. The molecule has 0 fully saturated rings. The first-order valence-electron chi connectivity index (χ1n) is 6.44. The average Bonchev–Trinajstić information content (AvgIpc) is 3.05. The molecule has 0 spiro atoms. The van der Waals surface area contributed by atoms with Crippen molar-refractivity contribution in [1.82, 2.24) is 20.0 Å². The van der Waals surface area contributed by atoms with E-state index >= 15 is 0 Å². The van der Waals surface area contributed by atoms with Gasteiger partial charge in [0.2, 0.25) is 5.89 Å². The van der Waals surface area contributed by atoms with E-state index in [1.54, 1.807) is 44.3 Å². The van der Waals surface area contributed by atoms with Crippen LogP contribution in [0.2, 0.25) is 5.02 Å². The lowest BCUT2D eigenvalue weighted by Crippen LogP contribution is -2.16. The van der Waals surface area contributed by atoms with Crippen LogP contribution in [0.4, 0.5) is 6.01 Å². The normalized spacial score (nSPS) is 10.7. The van der Waals surface area contributed by atoms with Crippen molar-refractivity contribution in [1.29, 1.82) is 0 Å². The number of anilines is 1. The van der Waals surface area contributed by atoms with Gasteiger partial charge in [-0.05, 0) is 31.2 Å². The number of benzene rings is 1. The molecular weight excluding hydrogens is 306 g/mol. The van der Waals surface area contributed by atoms with E-state index in [2.05, 4.69) is 20.6 Å². The van der Waals surface area contributed by atoms with Crippen LogP contribution in [-0.2, 0) is 7.05 Å². The second kappa shape index (κ2) is 5.61. The van der Waals surface area contributed by atoms with E-state index in [0.29, 0.717) is 16.3 Å². The fraction of sp³-hybridized carbons (Fsp3) is 0.143. The van der Waals surface area contributed by atoms with E-state index in [-0.39, 0.29) is 17.8 Å². The van der Waals surface area contributed by atoms with E-state index in [1.165, 1.54) is 4.68 Å². The molecule has 0 aliphatic carbocycles. The topological polar surface area (TPSA) is 85.8 Å². The number of amides is 1. The van der Waals surface area contributed by atoms with Gasteiger partial charge in [0.1, 0.15) is 5.69 Å². The predicted octanol–water partition coefficient (Wildman–Crippen LogP) is 2.68. The van der Waals surface area contributed by atoms with Gasteiger partial charge >= 0.3 is 6.01 Å². The summed E-state index contributed by atoms with van der Waals surface area (Å²) in [4.78, 5) is 12.1. The first kappa shape index (κ1) is 14.3. The maximum atomic E-state index is 12.1. The minimum absolute atomic E-state index is 0.0128. The highest BCUT2D eigenvalue weighted by Crippen LogP contribution is 2.22. The third-order valence-electron chi connectivity index (χ3n) is 2.95. The third-order valence-corrected chi connectivity index (χ3v) is 3.19. The molecule has 0 saturated carbocycles. The van der Waals surface area contributed by atoms with Crippen molar-refractivity contribution in [2.45, 2.75) is 6.92 Å². The van der Waals surface area contributed by atoms with Gasteiger partial charge in [0, 0.05) is 17.6 Å². The highest BCUT2D eigenvalue weighted by molar-refractivity contribution is 6.30. The zero-order chi connectivity index (χ0) is 15.7. The van der Waals surface area contributed by atoms with Crippen molar-refractivity contribution in [2.24, 2.45) is 7.05 Å². The Hall–Kier alpha value is -2.67. The monoisotopic (exact) mass is 317 g/mol. The van der Waals surface area contributed by atoms with E-state index in [9.17, 15) is 4.79 Å². The molecule has 0 bridgehead atoms. The van der Waals surface area contributed by atoms with E-state index in [1.807, 2.05) is 0 Å². The highest BCUT2D eigenvalue weighted by atomic mass is 35.5. The zero-order valence-electron chi connectivity index (χ0n) is 11.9. The summed E-state index contributed by atoms with van der Waals surface area (Å²) in [5.41, 5.74) is 1.83. The summed E-state index contributed by atoms with van der Waals surface area (Å²) in [6, 6.07) is 8.69. The van der Waals surface area contributed by atoms with Crippen molar-refractivity contribution < 1.29 is 9.21 Å². The fourth-order valence-corrected chi connectivity index (χ4v) is 2.19. The fourth-order valence-electron chi connectivity index (χ4n) is 2.00. The van der Waals surface area contributed by atoms with Crippen LogP contribution in [-0.4, -0.2) is 25.9 Å². The Kier molecular flexibility index (Phi) is 3.64. The molecule has 0 saturated heterocycles. The van der Waals surface area contributed by atoms with Crippen molar-refractivity contribution in [3.05, 3.63) is 46.7 Å². The van der Waals surface area contributed by atoms with Crippen molar-refractivity contribution in [3.63, 3.8) is 0 Å². The van der Waals surface area contributed by atoms with E-state index in [0.717, 1.165) is 5.69 Å². The SMILES string of the molecule is Cc1cc(C(=O)Nc2nnc(-c3cccc(Cl)c3)o2)n(C)n1. The number of hydrogen-bond acceptors (Lipinski definition) is 5. The maximum absolute atomic E-state index is 12.1. The lowest BCUT2D eigenvalue weighted by atomic mass is 10.2. The van der Waals surface area contributed by atoms with Crippen LogP contribution in [0, 0.1) is 6.92 Å². The molecule has 0 radical (unpaired) electrons. The van der Waals surface area contributed by atoms with Crippen molar-refractivity contribution in [3.8, 4) is 11.5 Å². The highest BCUT2D eigenvalue weighted by Gasteiger charge is 2.16. The molecular formula is C14H12ClN5O2. The summed E-state index contributed by atoms with van der Waals surface area (Å²) in [6.45, 7) is 1.81. The summed E-state index contributed by atoms with van der Waals surface area (Å²) >= 11 is 5.92. The molecule has 1 aromatic carbocycles. The van der Waals surface area contributed by atoms with Gasteiger partial charge in [-0.2, -0.15) is 5.10 Å². The molecule has 2 aromatic heterocycles. The number of nitrogens with zero attached hydrogens (tertiary/aromatic N) is 4. The van der Waals surface area contributed by atoms with Crippen LogP contribution in [0.5, 0.6) is 0 Å². The van der Waals surface area contributed by atoms with Crippen LogP contribution in [0.1, 0.15) is 16.2 Å². The lowest BCUT2D eigenvalue weighted by Gasteiger charge is -2.00. The molecule has 112 valence electrons. The summed E-state index contributed by atoms with van der Waals surface area (Å²) < 4.78 is 6.91. The van der Waals surface area contributed by atoms with Gasteiger partial charge in [-0.1, -0.05) is 22.8 Å². The molecule has 22 heavy (non-hydrogen) atoms. The second-order valence-corrected chi connectivity index (χ2v) is 5.11. The first-order valence-corrected chi connectivity index (χ1v) is 6.82. The Balaban J connectivity index is 1.80. The van der Waals surface area contributed by atoms with Gasteiger partial charge in [0.25, 0.3) is 5.91 Å². The van der Waals surface area contributed by atoms with Crippen LogP contribution < -0.4 is 5.32 Å². The van der Waals surface area contributed by atoms with Crippen LogP contribution >= 0.6 is 11.6 Å². The summed E-state index contributed by atoms with van der Waals surface area (Å²) in [5.74, 6) is -0.0941. The number of aromatic nitrogens is 4. The predicted molar refractivity (Wildman–Crippen MR) is 80.6 cm³/mol. The van der Waals surface area contributed by atoms with Gasteiger partial charge in [-0.3, -0.25) is 14.8 Å². The quantitative estimate of drug-likeness (QED) is 0.802. The molecule has 0 aliphatic heterocycles. The number of halogens is 1. The molecule has 7 nitrogen and oxygen atoms in total. The molecule has 3 aromatic rings. The first-order chi connectivity index (χ1) is 10.5. The van der Waals surface area contributed by atoms with Crippen molar-refractivity contribution >= 4 is 23.5 Å². The standard InChI is InChI=1S/C14H12ClN5O2/c1-8-6-11(20(2)19-8)12(21)16-14-18-17-13(22-14)9-4-3-5-10(15)7-9/h3-7H,1-2H3,(H,16,18,21). The largest absolute Gasteiger partial charge is 0.403 e. The number of carbonyl (C=O) groups excluding carboxylic acids is 1. The number of nitrogens with one attached hydrogen (secondary N) is 1. The molecule has 1 amide bonds. The Morgan fingerprint density at radius 1 is 1.32 bits per heavy atom. The zero-order valence-corrected chi connectivity index (χ0v) is 12.6. The average molecular weight is 318 g/mol. The third kappa shape index (κ3) is 2.84. The lowest BCUT2D eigenvalue weighted by molar-refractivity contribution is 0.101. The number of carbonyl (C=O) groups is 1. The Morgan fingerprint density at radius 3 is 2.82 bits per heavy atom. The van der Waals surface area contributed by atoms with Gasteiger partial charge in [-0.25, -0.2) is 0 Å².